The van der Waals surface area contributed by atoms with Crippen LogP contribution >= 0.6 is 0 Å². The van der Waals surface area contributed by atoms with Crippen LogP contribution in [0.15, 0.2) is 30.3 Å². The van der Waals surface area contributed by atoms with Gasteiger partial charge in [-0.05, 0) is 18.4 Å². The lowest BCUT2D eigenvalue weighted by Gasteiger charge is -2.27. The molecule has 0 unspecified atom stereocenters. The lowest BCUT2D eigenvalue weighted by atomic mass is 9.86. The maximum atomic E-state index is 13.0. The van der Waals surface area contributed by atoms with Crippen molar-refractivity contribution >= 4 is 11.9 Å². The number of aliphatic carboxylic acids is 1. The van der Waals surface area contributed by atoms with Crippen LogP contribution < -0.4 is 10.6 Å². The number of carboxylic acid groups (broad SMARTS) is 1. The van der Waals surface area contributed by atoms with E-state index in [1.165, 1.54) is 0 Å². The standard InChI is InChI=1S/C20H26N4O3/c1-20(2,3)16(19(26)27)23-18(25)15-14-12-21-10-7-11-24(14)17(22-15)13-8-5-4-6-9-13/h4-6,8-9,16,21H,7,10-12H2,1-3H3,(H,23,25)(H,26,27)/t16-/m1/s1. The molecule has 0 bridgehead atoms. The molecule has 0 spiro atoms. The van der Waals surface area contributed by atoms with Gasteiger partial charge in [0.15, 0.2) is 5.69 Å². The number of benzene rings is 1. The molecule has 2 aromatic rings. The van der Waals surface area contributed by atoms with E-state index in [0.29, 0.717) is 12.2 Å². The number of amides is 1. The van der Waals surface area contributed by atoms with Crippen molar-refractivity contribution in [2.24, 2.45) is 5.41 Å². The van der Waals surface area contributed by atoms with Gasteiger partial charge in [-0.2, -0.15) is 0 Å². The van der Waals surface area contributed by atoms with Gasteiger partial charge >= 0.3 is 5.97 Å². The molecule has 1 atom stereocenters. The van der Waals surface area contributed by atoms with Crippen LogP contribution in [0.4, 0.5) is 0 Å². The van der Waals surface area contributed by atoms with Gasteiger partial charge < -0.3 is 20.3 Å². The molecule has 1 aromatic heterocycles. The van der Waals surface area contributed by atoms with Crippen LogP contribution in [-0.4, -0.2) is 39.1 Å². The van der Waals surface area contributed by atoms with Gasteiger partial charge in [-0.1, -0.05) is 51.1 Å². The highest BCUT2D eigenvalue weighted by atomic mass is 16.4. The molecule has 0 fully saturated rings. The molecule has 1 aliphatic rings. The second-order valence-electron chi connectivity index (χ2n) is 7.89. The largest absolute Gasteiger partial charge is 0.480 e. The van der Waals surface area contributed by atoms with Gasteiger partial charge in [0, 0.05) is 18.7 Å². The van der Waals surface area contributed by atoms with Gasteiger partial charge in [0.1, 0.15) is 11.9 Å². The average Bonchev–Trinajstić information content (AvgIpc) is 2.80. The maximum absolute atomic E-state index is 13.0. The van der Waals surface area contributed by atoms with E-state index < -0.39 is 23.3 Å². The minimum absolute atomic E-state index is 0.291. The van der Waals surface area contributed by atoms with Gasteiger partial charge in [0.2, 0.25) is 0 Å². The molecule has 7 heteroatoms. The summed E-state index contributed by atoms with van der Waals surface area (Å²) in [5, 5.41) is 15.5. The van der Waals surface area contributed by atoms with E-state index in [4.69, 9.17) is 0 Å². The Kier molecular flexibility index (Phi) is 5.32. The molecule has 1 amide bonds. The Labute approximate surface area is 158 Å². The van der Waals surface area contributed by atoms with E-state index in [1.54, 1.807) is 20.8 Å². The highest BCUT2D eigenvalue weighted by molar-refractivity contribution is 5.96. The zero-order valence-corrected chi connectivity index (χ0v) is 16.0. The van der Waals surface area contributed by atoms with Crippen LogP contribution in [0.25, 0.3) is 11.4 Å². The topological polar surface area (TPSA) is 96.3 Å². The second kappa shape index (κ2) is 7.52. The Morgan fingerprint density at radius 1 is 1.26 bits per heavy atom. The zero-order chi connectivity index (χ0) is 19.6. The zero-order valence-electron chi connectivity index (χ0n) is 16.0. The van der Waals surface area contributed by atoms with E-state index in [1.807, 2.05) is 30.3 Å². The van der Waals surface area contributed by atoms with Crippen LogP contribution in [0.5, 0.6) is 0 Å². The van der Waals surface area contributed by atoms with Crippen LogP contribution in [0.2, 0.25) is 0 Å². The highest BCUT2D eigenvalue weighted by Gasteiger charge is 2.34. The Bertz CT molecular complexity index is 837. The summed E-state index contributed by atoms with van der Waals surface area (Å²) in [6.45, 7) is 7.51. The summed E-state index contributed by atoms with van der Waals surface area (Å²) in [6.07, 6.45) is 0.935. The average molecular weight is 370 g/mol. The van der Waals surface area contributed by atoms with Crippen molar-refractivity contribution in [3.63, 3.8) is 0 Å². The predicted octanol–water partition coefficient (Wildman–Crippen LogP) is 2.27. The molecule has 144 valence electrons. The molecule has 3 N–H and O–H groups in total. The molecule has 7 nitrogen and oxygen atoms in total. The fraction of sp³-hybridized carbons (Fsp3) is 0.450. The van der Waals surface area contributed by atoms with E-state index in [2.05, 4.69) is 20.2 Å². The number of nitrogens with zero attached hydrogens (tertiary/aromatic N) is 2. The minimum Gasteiger partial charge on any atom is -0.480 e. The van der Waals surface area contributed by atoms with Crippen LogP contribution in [0, 0.1) is 5.41 Å². The number of carboxylic acids is 1. The van der Waals surface area contributed by atoms with Crippen LogP contribution in [-0.2, 0) is 17.9 Å². The van der Waals surface area contributed by atoms with Gasteiger partial charge in [0.05, 0.1) is 5.69 Å². The third-order valence-corrected chi connectivity index (χ3v) is 4.74. The lowest BCUT2D eigenvalue weighted by Crippen LogP contribution is -2.49. The fourth-order valence-electron chi connectivity index (χ4n) is 3.31. The Balaban J connectivity index is 2.01. The molecule has 27 heavy (non-hydrogen) atoms. The monoisotopic (exact) mass is 370 g/mol. The van der Waals surface area contributed by atoms with Gasteiger partial charge in [-0.3, -0.25) is 4.79 Å². The SMILES string of the molecule is CC(C)(C)[C@H](NC(=O)c1nc(-c2ccccc2)n2c1CNCCC2)C(=O)O. The summed E-state index contributed by atoms with van der Waals surface area (Å²) in [6, 6.07) is 8.74. The minimum atomic E-state index is -1.05. The quantitative estimate of drug-likeness (QED) is 0.767. The van der Waals surface area contributed by atoms with Gasteiger partial charge in [-0.15, -0.1) is 0 Å². The van der Waals surface area contributed by atoms with Gasteiger partial charge in [0.25, 0.3) is 5.91 Å². The molecule has 3 rings (SSSR count). The van der Waals surface area contributed by atoms with Crippen molar-refractivity contribution in [2.45, 2.75) is 46.3 Å². The lowest BCUT2D eigenvalue weighted by molar-refractivity contribution is -0.142. The number of hydrogen-bond acceptors (Lipinski definition) is 4. The highest BCUT2D eigenvalue weighted by Crippen LogP contribution is 2.25. The first-order valence-corrected chi connectivity index (χ1v) is 9.18. The molecular weight excluding hydrogens is 344 g/mol. The van der Waals surface area contributed by atoms with Crippen molar-refractivity contribution in [3.05, 3.63) is 41.7 Å². The van der Waals surface area contributed by atoms with E-state index in [-0.39, 0.29) is 0 Å². The third-order valence-electron chi connectivity index (χ3n) is 4.74. The summed E-state index contributed by atoms with van der Waals surface area (Å²) < 4.78 is 2.07. The second-order valence-corrected chi connectivity index (χ2v) is 7.89. The number of carbonyl (C=O) groups excluding carboxylic acids is 1. The first kappa shape index (κ1) is 19.1. The molecule has 1 aliphatic heterocycles. The van der Waals surface area contributed by atoms with Crippen LogP contribution in [0.3, 0.4) is 0 Å². The number of rotatable bonds is 4. The van der Waals surface area contributed by atoms with E-state index in [9.17, 15) is 14.7 Å². The summed E-state index contributed by atoms with van der Waals surface area (Å²) in [5.41, 5.74) is 1.41. The molecule has 0 aliphatic carbocycles. The number of imidazole rings is 1. The summed E-state index contributed by atoms with van der Waals surface area (Å²) >= 11 is 0. The van der Waals surface area contributed by atoms with Crippen LogP contribution in [0.1, 0.15) is 43.4 Å². The van der Waals surface area contributed by atoms with Crippen molar-refractivity contribution < 1.29 is 14.7 Å². The van der Waals surface area contributed by atoms with E-state index >= 15 is 0 Å². The molecule has 0 saturated heterocycles. The van der Waals surface area contributed by atoms with Crippen molar-refractivity contribution in [1.82, 2.24) is 20.2 Å². The summed E-state index contributed by atoms with van der Waals surface area (Å²) in [5.74, 6) is -0.767. The molecule has 2 heterocycles. The smallest absolute Gasteiger partial charge is 0.326 e. The Morgan fingerprint density at radius 3 is 2.59 bits per heavy atom. The number of aromatic nitrogens is 2. The summed E-state index contributed by atoms with van der Waals surface area (Å²) in [7, 11) is 0. The molecule has 0 saturated carbocycles. The maximum Gasteiger partial charge on any atom is 0.326 e. The number of hydrogen-bond donors (Lipinski definition) is 3. The molecular formula is C20H26N4O3. The first-order chi connectivity index (χ1) is 12.8. The molecule has 1 aromatic carbocycles. The van der Waals surface area contributed by atoms with Gasteiger partial charge in [-0.25, -0.2) is 9.78 Å². The first-order valence-electron chi connectivity index (χ1n) is 9.18. The predicted molar refractivity (Wildman–Crippen MR) is 102 cm³/mol. The Hall–Kier alpha value is -2.67. The van der Waals surface area contributed by atoms with Crippen molar-refractivity contribution in [1.29, 1.82) is 0 Å². The Morgan fingerprint density at radius 2 is 1.96 bits per heavy atom. The number of carbonyl (C=O) groups is 2. The van der Waals surface area contributed by atoms with E-state index in [0.717, 1.165) is 36.6 Å². The number of fused-ring (bicyclic) bond motifs is 1. The normalized spacial score (nSPS) is 15.5. The third kappa shape index (κ3) is 4.03. The summed E-state index contributed by atoms with van der Waals surface area (Å²) in [4.78, 5) is 29.2. The van der Waals surface area contributed by atoms with Crippen molar-refractivity contribution in [3.8, 4) is 11.4 Å². The number of nitrogens with one attached hydrogen (secondary N) is 2. The van der Waals surface area contributed by atoms with Crippen molar-refractivity contribution in [2.75, 3.05) is 6.54 Å². The molecule has 0 radical (unpaired) electrons. The fourth-order valence-corrected chi connectivity index (χ4v) is 3.31.